The molecule has 0 aliphatic carbocycles. The maximum atomic E-state index is 13.3. The molecule has 0 saturated carbocycles. The Hall–Kier alpha value is -3.88. The predicted molar refractivity (Wildman–Crippen MR) is 161 cm³/mol. The van der Waals surface area contributed by atoms with Crippen LogP contribution in [-0.2, 0) is 4.79 Å². The molecule has 0 fully saturated rings. The van der Waals surface area contributed by atoms with Crippen molar-refractivity contribution in [3.63, 3.8) is 0 Å². The highest BCUT2D eigenvalue weighted by atomic mass is 16.6. The normalized spacial score (nSPS) is 13.0. The number of amides is 4. The number of hydrogen-bond acceptors (Lipinski definition) is 5. The van der Waals surface area contributed by atoms with Crippen LogP contribution in [0.5, 0.6) is 5.75 Å². The molecule has 3 unspecified atom stereocenters. The minimum atomic E-state index is -0.684. The number of hydrogen-bond donors (Lipinski definition) is 3. The fourth-order valence-electron chi connectivity index (χ4n) is 4.35. The molecular weight excluding hydrogens is 520 g/mol. The molecule has 3 N–H and O–H groups in total. The first kappa shape index (κ1) is 33.3. The molecule has 0 saturated heterocycles. The van der Waals surface area contributed by atoms with Gasteiger partial charge in [0.05, 0.1) is 6.04 Å². The third kappa shape index (κ3) is 11.3. The second-order valence-corrected chi connectivity index (χ2v) is 10.9. The van der Waals surface area contributed by atoms with E-state index in [1.807, 2.05) is 33.8 Å². The Bertz CT molecular complexity index is 1130. The summed E-state index contributed by atoms with van der Waals surface area (Å²) in [5.74, 6) is -0.372. The second-order valence-electron chi connectivity index (χ2n) is 10.9. The Labute approximate surface area is 244 Å². The first-order valence-electron chi connectivity index (χ1n) is 14.6. The van der Waals surface area contributed by atoms with E-state index in [0.29, 0.717) is 42.4 Å². The Morgan fingerprint density at radius 2 is 1.46 bits per heavy atom. The molecule has 9 nitrogen and oxygen atoms in total. The zero-order valence-electron chi connectivity index (χ0n) is 25.2. The average Bonchev–Trinajstić information content (AvgIpc) is 2.95. The summed E-state index contributed by atoms with van der Waals surface area (Å²) in [6, 6.07) is 14.1. The van der Waals surface area contributed by atoms with Crippen LogP contribution < -0.4 is 20.7 Å². The number of ether oxygens (including phenoxy) is 1. The number of carbonyl (C=O) groups excluding carboxylic acids is 4. The lowest BCUT2D eigenvalue weighted by Gasteiger charge is -2.28. The number of nitrogens with one attached hydrogen (secondary N) is 3. The SMILES string of the molecule is CCCN(CCC)C(=O)c1cccc(C(=O)NC(C)C(CC(C)C(=O)NCC(C)C)NC(=O)Oc2ccccc2)c1. The second kappa shape index (κ2) is 17.0. The number of para-hydroxylation sites is 1. The fraction of sp³-hybridized carbons (Fsp3) is 0.500. The van der Waals surface area contributed by atoms with E-state index in [-0.39, 0.29) is 24.1 Å². The van der Waals surface area contributed by atoms with Gasteiger partial charge in [-0.2, -0.15) is 0 Å². The lowest BCUT2D eigenvalue weighted by Crippen LogP contribution is -2.52. The van der Waals surface area contributed by atoms with Gasteiger partial charge in [-0.15, -0.1) is 0 Å². The van der Waals surface area contributed by atoms with Crippen molar-refractivity contribution in [2.45, 2.75) is 72.9 Å². The zero-order valence-corrected chi connectivity index (χ0v) is 25.2. The van der Waals surface area contributed by atoms with Gasteiger partial charge in [0.25, 0.3) is 11.8 Å². The van der Waals surface area contributed by atoms with Gasteiger partial charge in [-0.3, -0.25) is 14.4 Å². The summed E-state index contributed by atoms with van der Waals surface area (Å²) in [6.07, 6.45) is 1.28. The molecule has 0 aromatic heterocycles. The van der Waals surface area contributed by atoms with Crippen LogP contribution in [0.1, 0.15) is 81.5 Å². The quantitative estimate of drug-likeness (QED) is 0.280. The first-order valence-corrected chi connectivity index (χ1v) is 14.6. The zero-order chi connectivity index (χ0) is 30.4. The van der Waals surface area contributed by atoms with E-state index in [9.17, 15) is 19.2 Å². The van der Waals surface area contributed by atoms with Gasteiger partial charge in [0, 0.05) is 42.7 Å². The standard InChI is InChI=1S/C32H46N4O5/c1-7-17-36(18-8-2)31(39)26-14-12-13-25(20-26)30(38)34-24(6)28(19-23(5)29(37)33-21-22(3)4)35-32(40)41-27-15-10-9-11-16-27/h9-16,20,22-24,28H,7-8,17-19,21H2,1-6H3,(H,33,37)(H,34,38)(H,35,40). The smallest absolute Gasteiger partial charge is 0.410 e. The molecule has 0 radical (unpaired) electrons. The molecule has 0 bridgehead atoms. The monoisotopic (exact) mass is 566 g/mol. The van der Waals surface area contributed by atoms with Gasteiger partial charge in [0.15, 0.2) is 0 Å². The van der Waals surface area contributed by atoms with Crippen molar-refractivity contribution in [2.75, 3.05) is 19.6 Å². The highest BCUT2D eigenvalue weighted by Crippen LogP contribution is 2.15. The third-order valence-electron chi connectivity index (χ3n) is 6.60. The molecule has 9 heteroatoms. The van der Waals surface area contributed by atoms with Crippen LogP contribution in [0.25, 0.3) is 0 Å². The van der Waals surface area contributed by atoms with Gasteiger partial charge >= 0.3 is 6.09 Å². The molecular formula is C32H46N4O5. The van der Waals surface area contributed by atoms with Crippen LogP contribution in [-0.4, -0.2) is 60.4 Å². The van der Waals surface area contributed by atoms with Crippen molar-refractivity contribution in [3.05, 3.63) is 65.7 Å². The summed E-state index contributed by atoms with van der Waals surface area (Å²) in [4.78, 5) is 53.6. The van der Waals surface area contributed by atoms with E-state index < -0.39 is 24.1 Å². The van der Waals surface area contributed by atoms with Crippen LogP contribution >= 0.6 is 0 Å². The Morgan fingerprint density at radius 3 is 2.07 bits per heavy atom. The summed E-state index contributed by atoms with van der Waals surface area (Å²) in [7, 11) is 0. The van der Waals surface area contributed by atoms with Gasteiger partial charge in [0.2, 0.25) is 5.91 Å². The summed E-state index contributed by atoms with van der Waals surface area (Å²) >= 11 is 0. The van der Waals surface area contributed by atoms with E-state index >= 15 is 0 Å². The molecule has 224 valence electrons. The van der Waals surface area contributed by atoms with Crippen LogP contribution in [0.15, 0.2) is 54.6 Å². The highest BCUT2D eigenvalue weighted by molar-refractivity contribution is 5.99. The summed E-state index contributed by atoms with van der Waals surface area (Å²) < 4.78 is 5.40. The minimum Gasteiger partial charge on any atom is -0.410 e. The Kier molecular flexibility index (Phi) is 13.9. The van der Waals surface area contributed by atoms with Gasteiger partial charge < -0.3 is 25.6 Å². The van der Waals surface area contributed by atoms with E-state index in [4.69, 9.17) is 4.74 Å². The van der Waals surface area contributed by atoms with Crippen molar-refractivity contribution in [3.8, 4) is 5.75 Å². The van der Waals surface area contributed by atoms with E-state index in [1.54, 1.807) is 67.3 Å². The molecule has 0 heterocycles. The minimum absolute atomic E-state index is 0.110. The molecule has 3 atom stereocenters. The van der Waals surface area contributed by atoms with Crippen molar-refractivity contribution >= 4 is 23.8 Å². The van der Waals surface area contributed by atoms with Gasteiger partial charge in [-0.25, -0.2) is 4.79 Å². The van der Waals surface area contributed by atoms with Crippen LogP contribution in [0.3, 0.4) is 0 Å². The summed E-state index contributed by atoms with van der Waals surface area (Å²) in [5, 5.41) is 8.69. The third-order valence-corrected chi connectivity index (χ3v) is 6.60. The fourth-order valence-corrected chi connectivity index (χ4v) is 4.35. The van der Waals surface area contributed by atoms with Crippen molar-refractivity contribution in [2.24, 2.45) is 11.8 Å². The predicted octanol–water partition coefficient (Wildman–Crippen LogP) is 5.02. The Balaban J connectivity index is 2.18. The molecule has 41 heavy (non-hydrogen) atoms. The maximum Gasteiger partial charge on any atom is 0.412 e. The maximum absolute atomic E-state index is 13.3. The lowest BCUT2D eigenvalue weighted by molar-refractivity contribution is -0.125. The van der Waals surface area contributed by atoms with Gasteiger partial charge in [0.1, 0.15) is 5.75 Å². The average molecular weight is 567 g/mol. The van der Waals surface area contributed by atoms with E-state index in [2.05, 4.69) is 16.0 Å². The van der Waals surface area contributed by atoms with E-state index in [1.165, 1.54) is 0 Å². The molecule has 2 aromatic carbocycles. The first-order chi connectivity index (χ1) is 19.5. The van der Waals surface area contributed by atoms with Gasteiger partial charge in [-0.05, 0) is 62.4 Å². The van der Waals surface area contributed by atoms with Gasteiger partial charge in [-0.1, -0.05) is 58.9 Å². The van der Waals surface area contributed by atoms with Crippen LogP contribution in [0.2, 0.25) is 0 Å². The van der Waals surface area contributed by atoms with Crippen molar-refractivity contribution in [1.29, 1.82) is 0 Å². The number of rotatable bonds is 15. The summed E-state index contributed by atoms with van der Waals surface area (Å²) in [6.45, 7) is 13.5. The molecule has 2 rings (SSSR count). The topological polar surface area (TPSA) is 117 Å². The lowest BCUT2D eigenvalue weighted by atomic mass is 9.95. The summed E-state index contributed by atoms with van der Waals surface area (Å²) in [5.41, 5.74) is 0.785. The molecule has 2 aromatic rings. The van der Waals surface area contributed by atoms with Crippen molar-refractivity contribution in [1.82, 2.24) is 20.9 Å². The van der Waals surface area contributed by atoms with Crippen molar-refractivity contribution < 1.29 is 23.9 Å². The largest absolute Gasteiger partial charge is 0.412 e. The molecule has 0 spiro atoms. The van der Waals surface area contributed by atoms with Crippen LogP contribution in [0.4, 0.5) is 4.79 Å². The van der Waals surface area contributed by atoms with Crippen LogP contribution in [0, 0.1) is 11.8 Å². The molecule has 0 aliphatic heterocycles. The van der Waals surface area contributed by atoms with E-state index in [0.717, 1.165) is 12.8 Å². The number of nitrogens with zero attached hydrogens (tertiary/aromatic N) is 1. The number of benzene rings is 2. The number of carbonyl (C=O) groups is 4. The highest BCUT2D eigenvalue weighted by Gasteiger charge is 2.27. The Morgan fingerprint density at radius 1 is 0.829 bits per heavy atom. The molecule has 4 amide bonds. The molecule has 0 aliphatic rings.